The van der Waals surface area contributed by atoms with Crippen LogP contribution in [0, 0.1) is 6.92 Å². The Hall–Kier alpha value is -3.35. The van der Waals surface area contributed by atoms with Crippen LogP contribution in [0.3, 0.4) is 0 Å². The van der Waals surface area contributed by atoms with Crippen molar-refractivity contribution < 1.29 is 23.9 Å². The molecule has 0 aliphatic rings. The Morgan fingerprint density at radius 3 is 2.42 bits per heavy atom. The number of para-hydroxylation sites is 1. The highest BCUT2D eigenvalue weighted by molar-refractivity contribution is 5.97. The zero-order valence-corrected chi connectivity index (χ0v) is 18.3. The van der Waals surface area contributed by atoms with Crippen molar-refractivity contribution in [2.45, 2.75) is 40.0 Å². The molecule has 0 fully saturated rings. The molecule has 2 rings (SSSR count). The number of nitrogens with one attached hydrogen (secondary N) is 2. The van der Waals surface area contributed by atoms with Crippen LogP contribution in [0.1, 0.15) is 48.2 Å². The quantitative estimate of drug-likeness (QED) is 0.423. The van der Waals surface area contributed by atoms with Gasteiger partial charge in [0.2, 0.25) is 0 Å². The average Bonchev–Trinajstić information content (AvgIpc) is 2.78. The van der Waals surface area contributed by atoms with Crippen molar-refractivity contribution in [1.29, 1.82) is 0 Å². The van der Waals surface area contributed by atoms with Crippen molar-refractivity contribution in [3.05, 3.63) is 59.2 Å². The number of carbonyl (C=O) groups is 3. The highest BCUT2D eigenvalue weighted by Gasteiger charge is 2.13. The molecule has 31 heavy (non-hydrogen) atoms. The number of carbonyl (C=O) groups excluding carboxylic acids is 3. The van der Waals surface area contributed by atoms with Crippen LogP contribution < -0.4 is 15.4 Å². The normalized spacial score (nSPS) is 10.3. The van der Waals surface area contributed by atoms with E-state index >= 15 is 0 Å². The first-order valence-corrected chi connectivity index (χ1v) is 10.5. The minimum Gasteiger partial charge on any atom is -0.494 e. The maximum atomic E-state index is 12.2. The van der Waals surface area contributed by atoms with Crippen LogP contribution in [-0.4, -0.2) is 37.5 Å². The van der Waals surface area contributed by atoms with E-state index in [1.165, 1.54) is 0 Å². The Labute approximate surface area is 183 Å². The predicted octanol–water partition coefficient (Wildman–Crippen LogP) is 3.65. The molecule has 0 aliphatic carbocycles. The molecule has 0 aliphatic heterocycles. The number of aryl methyl sites for hydroxylation is 2. The van der Waals surface area contributed by atoms with Crippen molar-refractivity contribution in [3.8, 4) is 5.75 Å². The Balaban J connectivity index is 1.75. The molecule has 2 amide bonds. The zero-order chi connectivity index (χ0) is 22.6. The average molecular weight is 427 g/mol. The summed E-state index contributed by atoms with van der Waals surface area (Å²) in [7, 11) is 0. The first kappa shape index (κ1) is 23.9. The molecule has 0 spiro atoms. The van der Waals surface area contributed by atoms with Crippen molar-refractivity contribution in [2.75, 3.05) is 25.1 Å². The largest absolute Gasteiger partial charge is 0.494 e. The fourth-order valence-electron chi connectivity index (χ4n) is 2.87. The molecule has 2 N–H and O–H groups in total. The molecule has 0 heterocycles. The van der Waals surface area contributed by atoms with Gasteiger partial charge in [-0.25, -0.2) is 0 Å². The molecule has 0 radical (unpaired) electrons. The molecule has 2 aromatic rings. The van der Waals surface area contributed by atoms with Gasteiger partial charge in [-0.1, -0.05) is 38.5 Å². The number of unbranched alkanes of at least 4 members (excludes halogenated alkanes) is 1. The Kier molecular flexibility index (Phi) is 9.55. The molecule has 0 bridgehead atoms. The Morgan fingerprint density at radius 1 is 1.00 bits per heavy atom. The van der Waals surface area contributed by atoms with Crippen molar-refractivity contribution in [2.24, 2.45) is 0 Å². The smallest absolute Gasteiger partial charge is 0.325 e. The topological polar surface area (TPSA) is 93.7 Å². The summed E-state index contributed by atoms with van der Waals surface area (Å²) in [5.41, 5.74) is 3.09. The summed E-state index contributed by atoms with van der Waals surface area (Å²) in [5.74, 6) is -0.838. The number of amides is 2. The highest BCUT2D eigenvalue weighted by Crippen LogP contribution is 2.20. The standard InChI is InChI=1S/C24H30N2O5/c1-4-6-14-30-20-12-10-19(11-13-20)24(29)25-15-22(28)31-16-21(27)26-23-17(3)8-7-9-18(23)5-2/h7-13H,4-6,14-16H2,1-3H3,(H,25,29)(H,26,27). The maximum absolute atomic E-state index is 12.2. The minimum absolute atomic E-state index is 0.328. The van der Waals surface area contributed by atoms with E-state index in [-0.39, 0.29) is 6.54 Å². The third kappa shape index (κ3) is 7.77. The Bertz CT molecular complexity index is 893. The van der Waals surface area contributed by atoms with Crippen molar-refractivity contribution >= 4 is 23.5 Å². The fourth-order valence-corrected chi connectivity index (χ4v) is 2.87. The van der Waals surface area contributed by atoms with Crippen LogP contribution in [0.25, 0.3) is 0 Å². The van der Waals surface area contributed by atoms with E-state index in [4.69, 9.17) is 9.47 Å². The molecular weight excluding hydrogens is 396 g/mol. The molecule has 2 aromatic carbocycles. The van der Waals surface area contributed by atoms with Crippen LogP contribution in [0.4, 0.5) is 5.69 Å². The first-order chi connectivity index (χ1) is 14.9. The van der Waals surface area contributed by atoms with Crippen molar-refractivity contribution in [3.63, 3.8) is 0 Å². The van der Waals surface area contributed by atoms with Gasteiger partial charge in [-0.2, -0.15) is 0 Å². The van der Waals surface area contributed by atoms with E-state index in [1.807, 2.05) is 32.0 Å². The minimum atomic E-state index is -0.691. The van der Waals surface area contributed by atoms with Gasteiger partial charge in [0.05, 0.1) is 6.61 Å². The molecular formula is C24H30N2O5. The van der Waals surface area contributed by atoms with Gasteiger partial charge in [-0.3, -0.25) is 14.4 Å². The van der Waals surface area contributed by atoms with Crippen LogP contribution in [-0.2, 0) is 20.7 Å². The lowest BCUT2D eigenvalue weighted by Crippen LogP contribution is -2.32. The van der Waals surface area contributed by atoms with Gasteiger partial charge >= 0.3 is 5.97 Å². The number of rotatable bonds is 11. The third-order valence-corrected chi connectivity index (χ3v) is 4.65. The van der Waals surface area contributed by atoms with Crippen LogP contribution in [0.5, 0.6) is 5.75 Å². The summed E-state index contributed by atoms with van der Waals surface area (Å²) in [6, 6.07) is 12.5. The molecule has 0 saturated heterocycles. The monoisotopic (exact) mass is 426 g/mol. The molecule has 0 saturated carbocycles. The number of benzene rings is 2. The molecule has 0 unspecified atom stereocenters. The van der Waals surface area contributed by atoms with Gasteiger partial charge in [-0.05, 0) is 55.2 Å². The number of hydrogen-bond donors (Lipinski definition) is 2. The summed E-state index contributed by atoms with van der Waals surface area (Å²) in [6.07, 6.45) is 2.78. The molecule has 0 aromatic heterocycles. The lowest BCUT2D eigenvalue weighted by atomic mass is 10.1. The molecule has 166 valence electrons. The second kappa shape index (κ2) is 12.4. The second-order valence-corrected chi connectivity index (χ2v) is 7.08. The van der Waals surface area contributed by atoms with E-state index < -0.39 is 24.4 Å². The molecule has 7 heteroatoms. The molecule has 7 nitrogen and oxygen atoms in total. The van der Waals surface area contributed by atoms with E-state index in [0.29, 0.717) is 17.9 Å². The van der Waals surface area contributed by atoms with E-state index in [9.17, 15) is 14.4 Å². The third-order valence-electron chi connectivity index (χ3n) is 4.65. The SMILES string of the molecule is CCCCOc1ccc(C(=O)NCC(=O)OCC(=O)Nc2c(C)cccc2CC)cc1. The van der Waals surface area contributed by atoms with Crippen molar-refractivity contribution in [1.82, 2.24) is 5.32 Å². The Morgan fingerprint density at radius 2 is 1.74 bits per heavy atom. The lowest BCUT2D eigenvalue weighted by Gasteiger charge is -2.13. The fraction of sp³-hybridized carbons (Fsp3) is 0.375. The van der Waals surface area contributed by atoms with Crippen LogP contribution in [0.15, 0.2) is 42.5 Å². The van der Waals surface area contributed by atoms with Crippen LogP contribution in [0.2, 0.25) is 0 Å². The number of anilines is 1. The summed E-state index contributed by atoms with van der Waals surface area (Å²) in [5, 5.41) is 5.27. The summed E-state index contributed by atoms with van der Waals surface area (Å²) < 4.78 is 10.5. The van der Waals surface area contributed by atoms with Gasteiger partial charge < -0.3 is 20.1 Å². The lowest BCUT2D eigenvalue weighted by molar-refractivity contribution is -0.146. The number of ether oxygens (including phenoxy) is 2. The highest BCUT2D eigenvalue weighted by atomic mass is 16.5. The van der Waals surface area contributed by atoms with Gasteiger partial charge in [-0.15, -0.1) is 0 Å². The summed E-state index contributed by atoms with van der Waals surface area (Å²) in [4.78, 5) is 36.2. The van der Waals surface area contributed by atoms with Crippen LogP contribution >= 0.6 is 0 Å². The number of hydrogen-bond acceptors (Lipinski definition) is 5. The summed E-state index contributed by atoms with van der Waals surface area (Å²) >= 11 is 0. The van der Waals surface area contributed by atoms with Gasteiger partial charge in [0, 0.05) is 11.3 Å². The zero-order valence-electron chi connectivity index (χ0n) is 18.3. The molecule has 0 atom stereocenters. The maximum Gasteiger partial charge on any atom is 0.325 e. The van der Waals surface area contributed by atoms with Gasteiger partial charge in [0.15, 0.2) is 6.61 Å². The van der Waals surface area contributed by atoms with Gasteiger partial charge in [0.25, 0.3) is 11.8 Å². The second-order valence-electron chi connectivity index (χ2n) is 7.08. The van der Waals surface area contributed by atoms with E-state index in [0.717, 1.165) is 36.1 Å². The number of esters is 1. The van der Waals surface area contributed by atoms with E-state index in [2.05, 4.69) is 17.6 Å². The predicted molar refractivity (Wildman–Crippen MR) is 119 cm³/mol. The first-order valence-electron chi connectivity index (χ1n) is 10.5. The van der Waals surface area contributed by atoms with Gasteiger partial charge in [0.1, 0.15) is 12.3 Å². The van der Waals surface area contributed by atoms with E-state index in [1.54, 1.807) is 24.3 Å². The summed E-state index contributed by atoms with van der Waals surface area (Å²) in [6.45, 7) is 5.87.